The molecule has 0 bridgehead atoms. The summed E-state index contributed by atoms with van der Waals surface area (Å²) < 4.78 is 11.3. The Labute approximate surface area is 169 Å². The second-order valence-electron chi connectivity index (χ2n) is 8.18. The Morgan fingerprint density at radius 1 is 1.18 bits per heavy atom. The number of nitrogens with zero attached hydrogens (tertiary/aromatic N) is 1. The number of aryl methyl sites for hydroxylation is 1. The summed E-state index contributed by atoms with van der Waals surface area (Å²) >= 11 is 1.17. The third kappa shape index (κ3) is 4.21. The third-order valence-electron chi connectivity index (χ3n) is 6.02. The van der Waals surface area contributed by atoms with E-state index in [1.54, 1.807) is 0 Å². The molecule has 1 saturated heterocycles. The molecule has 4 rings (SSSR count). The molecule has 2 amide bonds. The maximum atomic E-state index is 12.5. The summed E-state index contributed by atoms with van der Waals surface area (Å²) in [6, 6.07) is 5.96. The molecule has 1 saturated carbocycles. The van der Waals surface area contributed by atoms with Gasteiger partial charge in [0.25, 0.3) is 0 Å². The molecule has 7 heteroatoms. The molecule has 2 heterocycles. The number of likely N-dealkylation sites (tertiary alicyclic amines) is 1. The number of fused-ring (bicyclic) bond motifs is 1. The Kier molecular flexibility index (Phi) is 5.94. The van der Waals surface area contributed by atoms with E-state index in [2.05, 4.69) is 6.07 Å². The highest BCUT2D eigenvalue weighted by molar-refractivity contribution is 7.94. The summed E-state index contributed by atoms with van der Waals surface area (Å²) in [5.74, 6) is 0.544. The smallest absolute Gasteiger partial charge is 0.229 e. The summed E-state index contributed by atoms with van der Waals surface area (Å²) in [6.45, 7) is 0.738. The number of aliphatic hydroxyl groups excluding tert-OH is 1. The fourth-order valence-electron chi connectivity index (χ4n) is 4.58. The maximum Gasteiger partial charge on any atom is 0.229 e. The van der Waals surface area contributed by atoms with Crippen molar-refractivity contribution < 1.29 is 23.6 Å². The van der Waals surface area contributed by atoms with Crippen LogP contribution in [0.3, 0.4) is 0 Å². The number of para-hydroxylation sites is 1. The van der Waals surface area contributed by atoms with Crippen LogP contribution in [0.5, 0.6) is 5.75 Å². The van der Waals surface area contributed by atoms with Gasteiger partial charge in [-0.05, 0) is 42.7 Å². The van der Waals surface area contributed by atoms with Gasteiger partial charge in [-0.15, -0.1) is 0 Å². The fourth-order valence-corrected chi connectivity index (χ4v) is 5.33. The molecular weight excluding hydrogens is 378 g/mol. The van der Waals surface area contributed by atoms with E-state index in [1.165, 1.54) is 22.5 Å². The lowest BCUT2D eigenvalue weighted by Crippen LogP contribution is -2.50. The normalized spacial score (nSPS) is 22.2. The average Bonchev–Trinajstić information content (AvgIpc) is 3.12. The molecule has 1 aromatic rings. The highest BCUT2D eigenvalue weighted by atomic mass is 32.2. The minimum Gasteiger partial charge on any atom is -0.492 e. The SMILES string of the molecule is O=C1CC2(CCCC2)CC(=O)N1CC(O)COSc1cccc2c1OCCC2. The molecular formula is C21H27NO5S. The van der Waals surface area contributed by atoms with Crippen molar-refractivity contribution in [3.63, 3.8) is 0 Å². The number of benzene rings is 1. The molecule has 3 aliphatic rings. The van der Waals surface area contributed by atoms with Crippen molar-refractivity contribution in [3.8, 4) is 5.75 Å². The van der Waals surface area contributed by atoms with E-state index in [-0.39, 0.29) is 30.4 Å². The summed E-state index contributed by atoms with van der Waals surface area (Å²) in [5.41, 5.74) is 1.06. The van der Waals surface area contributed by atoms with Crippen LogP contribution < -0.4 is 4.74 Å². The van der Waals surface area contributed by atoms with Gasteiger partial charge in [-0.3, -0.25) is 14.5 Å². The highest BCUT2D eigenvalue weighted by Crippen LogP contribution is 2.47. The lowest BCUT2D eigenvalue weighted by Gasteiger charge is -2.37. The lowest BCUT2D eigenvalue weighted by molar-refractivity contribution is -0.155. The van der Waals surface area contributed by atoms with E-state index in [0.29, 0.717) is 19.4 Å². The van der Waals surface area contributed by atoms with Gasteiger partial charge in [-0.1, -0.05) is 25.0 Å². The van der Waals surface area contributed by atoms with Crippen molar-refractivity contribution in [2.24, 2.45) is 5.41 Å². The number of hydrogen-bond acceptors (Lipinski definition) is 6. The summed E-state index contributed by atoms with van der Waals surface area (Å²) in [6.07, 6.45) is 6.07. The van der Waals surface area contributed by atoms with Crippen LogP contribution in [0.1, 0.15) is 50.5 Å². The number of hydrogen-bond donors (Lipinski definition) is 1. The molecule has 1 aliphatic carbocycles. The van der Waals surface area contributed by atoms with Gasteiger partial charge in [0, 0.05) is 24.9 Å². The van der Waals surface area contributed by atoms with Gasteiger partial charge >= 0.3 is 0 Å². The van der Waals surface area contributed by atoms with Crippen LogP contribution in [-0.2, 0) is 20.2 Å². The molecule has 2 aliphatic heterocycles. The number of amides is 2. The molecule has 2 fully saturated rings. The van der Waals surface area contributed by atoms with E-state index in [9.17, 15) is 14.7 Å². The second kappa shape index (κ2) is 8.43. The van der Waals surface area contributed by atoms with E-state index in [4.69, 9.17) is 8.92 Å². The topological polar surface area (TPSA) is 76.1 Å². The molecule has 28 heavy (non-hydrogen) atoms. The second-order valence-corrected chi connectivity index (χ2v) is 9.02. The monoisotopic (exact) mass is 405 g/mol. The number of piperidine rings is 1. The first kappa shape index (κ1) is 19.7. The van der Waals surface area contributed by atoms with Crippen molar-refractivity contribution in [2.45, 2.75) is 62.4 Å². The predicted octanol–water partition coefficient (Wildman–Crippen LogP) is 3.11. The van der Waals surface area contributed by atoms with Crippen molar-refractivity contribution in [1.29, 1.82) is 0 Å². The lowest BCUT2D eigenvalue weighted by atomic mass is 9.76. The van der Waals surface area contributed by atoms with Gasteiger partial charge in [-0.25, -0.2) is 0 Å². The number of carbonyl (C=O) groups is 2. The summed E-state index contributed by atoms with van der Waals surface area (Å²) in [5, 5.41) is 10.3. The van der Waals surface area contributed by atoms with Gasteiger partial charge in [-0.2, -0.15) is 0 Å². The zero-order valence-corrected chi connectivity index (χ0v) is 16.8. The Balaban J connectivity index is 1.28. The number of aliphatic hydroxyl groups is 1. The van der Waals surface area contributed by atoms with E-state index in [0.717, 1.165) is 49.2 Å². The first-order valence-corrected chi connectivity index (χ1v) is 10.9. The van der Waals surface area contributed by atoms with Crippen molar-refractivity contribution in [2.75, 3.05) is 19.8 Å². The quantitative estimate of drug-likeness (QED) is 0.579. The zero-order valence-electron chi connectivity index (χ0n) is 16.0. The number of rotatable bonds is 6. The number of ether oxygens (including phenoxy) is 1. The number of imide groups is 1. The molecule has 152 valence electrons. The largest absolute Gasteiger partial charge is 0.492 e. The first-order chi connectivity index (χ1) is 13.6. The van der Waals surface area contributed by atoms with Crippen LogP contribution >= 0.6 is 12.0 Å². The Morgan fingerprint density at radius 3 is 2.68 bits per heavy atom. The Morgan fingerprint density at radius 2 is 1.93 bits per heavy atom. The van der Waals surface area contributed by atoms with Crippen LogP contribution in [0, 0.1) is 5.41 Å². The van der Waals surface area contributed by atoms with Crippen molar-refractivity contribution >= 4 is 23.9 Å². The molecule has 0 aromatic heterocycles. The van der Waals surface area contributed by atoms with E-state index >= 15 is 0 Å². The van der Waals surface area contributed by atoms with Crippen LogP contribution in [0.25, 0.3) is 0 Å². The maximum absolute atomic E-state index is 12.5. The molecule has 6 nitrogen and oxygen atoms in total. The standard InChI is InChI=1S/C21H27NO5S/c23-16(13-22-18(24)11-21(12-19(22)25)8-1-2-9-21)14-27-28-17-7-3-5-15-6-4-10-26-20(15)17/h3,5,7,16,23H,1-2,4,6,8-14H2. The highest BCUT2D eigenvalue weighted by Gasteiger charge is 2.45. The molecule has 1 unspecified atom stereocenters. The fraction of sp³-hybridized carbons (Fsp3) is 0.619. The minimum atomic E-state index is -0.904. The van der Waals surface area contributed by atoms with E-state index < -0.39 is 6.10 Å². The minimum absolute atomic E-state index is 0.00228. The van der Waals surface area contributed by atoms with Crippen molar-refractivity contribution in [1.82, 2.24) is 4.90 Å². The van der Waals surface area contributed by atoms with Gasteiger partial charge < -0.3 is 14.0 Å². The molecule has 1 aromatic carbocycles. The van der Waals surface area contributed by atoms with Crippen LogP contribution in [-0.4, -0.2) is 47.7 Å². The number of β-amino-alcohol motifs (C(OH)–C–C–N with tert-alkyl or cyclic N) is 1. The van der Waals surface area contributed by atoms with Crippen LogP contribution in [0.15, 0.2) is 23.1 Å². The molecule has 1 atom stereocenters. The molecule has 1 N–H and O–H groups in total. The zero-order chi connectivity index (χ0) is 19.6. The van der Waals surface area contributed by atoms with Gasteiger partial charge in [0.1, 0.15) is 5.75 Å². The first-order valence-electron chi connectivity index (χ1n) is 10.1. The molecule has 1 spiro atoms. The summed E-state index contributed by atoms with van der Waals surface area (Å²) in [7, 11) is 0. The van der Waals surface area contributed by atoms with Gasteiger partial charge in [0.15, 0.2) is 0 Å². The predicted molar refractivity (Wildman–Crippen MR) is 105 cm³/mol. The van der Waals surface area contributed by atoms with Gasteiger partial charge in [0.2, 0.25) is 11.8 Å². The third-order valence-corrected chi connectivity index (χ3v) is 6.77. The Hall–Kier alpha value is -1.57. The van der Waals surface area contributed by atoms with Gasteiger partial charge in [0.05, 0.1) is 30.8 Å². The number of carbonyl (C=O) groups excluding carboxylic acids is 2. The van der Waals surface area contributed by atoms with Crippen LogP contribution in [0.4, 0.5) is 0 Å². The van der Waals surface area contributed by atoms with Crippen LogP contribution in [0.2, 0.25) is 0 Å². The van der Waals surface area contributed by atoms with Crippen molar-refractivity contribution in [3.05, 3.63) is 23.8 Å². The Bertz CT molecular complexity index is 726. The average molecular weight is 406 g/mol. The molecule has 0 radical (unpaired) electrons. The summed E-state index contributed by atoms with van der Waals surface area (Å²) in [4.78, 5) is 27.1. The van der Waals surface area contributed by atoms with E-state index in [1.807, 2.05) is 12.1 Å².